The number of sulfone groups is 1. The monoisotopic (exact) mass is 300 g/mol. The van der Waals surface area contributed by atoms with Crippen LogP contribution in [0.5, 0.6) is 0 Å². The summed E-state index contributed by atoms with van der Waals surface area (Å²) in [6, 6.07) is -0.0281. The number of hydrogen-bond donors (Lipinski definition) is 1. The van der Waals surface area contributed by atoms with Crippen LogP contribution < -0.4 is 5.32 Å². The second-order valence-electron chi connectivity index (χ2n) is 4.37. The molecule has 1 atom stereocenters. The first-order chi connectivity index (χ1) is 9.12. The predicted molar refractivity (Wildman–Crippen MR) is 69.3 cm³/mol. The Morgan fingerprint density at radius 3 is 3.11 bits per heavy atom. The summed E-state index contributed by atoms with van der Waals surface area (Å²) in [6.45, 7) is 0.372. The van der Waals surface area contributed by atoms with E-state index >= 15 is 0 Å². The van der Waals surface area contributed by atoms with Gasteiger partial charge >= 0.3 is 0 Å². The van der Waals surface area contributed by atoms with Crippen molar-refractivity contribution >= 4 is 21.2 Å². The van der Waals surface area contributed by atoms with Gasteiger partial charge in [0.15, 0.2) is 9.84 Å². The standard InChI is InChI=1S/C10H12N4O3S2/c15-19(16)2-1-7(5-19)11-3-9-13-10(14-17-9)8-4-18-6-12-8/h4,6-7,11H,1-3,5H2. The maximum absolute atomic E-state index is 11.3. The van der Waals surface area contributed by atoms with E-state index < -0.39 is 9.84 Å². The molecule has 3 heterocycles. The second-order valence-corrected chi connectivity index (χ2v) is 7.31. The van der Waals surface area contributed by atoms with Crippen molar-refractivity contribution in [1.82, 2.24) is 20.4 Å². The van der Waals surface area contributed by atoms with Gasteiger partial charge in [-0.05, 0) is 6.42 Å². The molecule has 9 heteroatoms. The molecule has 0 aliphatic carbocycles. The van der Waals surface area contributed by atoms with Crippen molar-refractivity contribution in [3.8, 4) is 11.5 Å². The summed E-state index contributed by atoms with van der Waals surface area (Å²) in [5, 5.41) is 8.79. The summed E-state index contributed by atoms with van der Waals surface area (Å²) in [6.07, 6.45) is 0.634. The summed E-state index contributed by atoms with van der Waals surface area (Å²) >= 11 is 1.46. The highest BCUT2D eigenvalue weighted by atomic mass is 32.2. The van der Waals surface area contributed by atoms with E-state index in [0.29, 0.717) is 30.4 Å². The third-order valence-electron chi connectivity index (χ3n) is 2.90. The number of rotatable bonds is 4. The highest BCUT2D eigenvalue weighted by molar-refractivity contribution is 7.91. The lowest BCUT2D eigenvalue weighted by molar-refractivity contribution is 0.360. The first-order valence-electron chi connectivity index (χ1n) is 5.77. The second kappa shape index (κ2) is 4.99. The first-order valence-corrected chi connectivity index (χ1v) is 8.54. The molecule has 0 radical (unpaired) electrons. The van der Waals surface area contributed by atoms with Crippen LogP contribution >= 0.6 is 11.3 Å². The quantitative estimate of drug-likeness (QED) is 0.876. The lowest BCUT2D eigenvalue weighted by atomic mass is 10.3. The molecule has 0 bridgehead atoms. The van der Waals surface area contributed by atoms with Crippen molar-refractivity contribution in [3.05, 3.63) is 16.8 Å². The minimum Gasteiger partial charge on any atom is -0.337 e. The van der Waals surface area contributed by atoms with Crippen LogP contribution in [0.4, 0.5) is 0 Å². The van der Waals surface area contributed by atoms with Gasteiger partial charge in [-0.15, -0.1) is 11.3 Å². The zero-order valence-corrected chi connectivity index (χ0v) is 11.6. The SMILES string of the molecule is O=S1(=O)CCC(NCc2nc(-c3cscn3)no2)C1. The van der Waals surface area contributed by atoms with Crippen LogP contribution in [0.3, 0.4) is 0 Å². The van der Waals surface area contributed by atoms with E-state index in [1.807, 2.05) is 5.38 Å². The van der Waals surface area contributed by atoms with E-state index in [1.54, 1.807) is 5.51 Å². The highest BCUT2D eigenvalue weighted by Gasteiger charge is 2.27. The Kier molecular flexibility index (Phi) is 3.33. The van der Waals surface area contributed by atoms with Gasteiger partial charge in [0, 0.05) is 11.4 Å². The molecule has 19 heavy (non-hydrogen) atoms. The van der Waals surface area contributed by atoms with Gasteiger partial charge in [-0.3, -0.25) is 0 Å². The smallest absolute Gasteiger partial charge is 0.240 e. The molecule has 1 aliphatic heterocycles. The number of thiazole rings is 1. The third kappa shape index (κ3) is 2.99. The molecule has 0 saturated carbocycles. The molecule has 1 aliphatic rings. The topological polar surface area (TPSA) is 98.0 Å². The van der Waals surface area contributed by atoms with E-state index in [4.69, 9.17) is 4.52 Å². The Labute approximate surface area is 114 Å². The molecule has 0 aromatic carbocycles. The van der Waals surface area contributed by atoms with Gasteiger partial charge in [-0.25, -0.2) is 13.4 Å². The fraction of sp³-hybridized carbons (Fsp3) is 0.500. The number of nitrogens with one attached hydrogen (secondary N) is 1. The van der Waals surface area contributed by atoms with Crippen LogP contribution in [-0.4, -0.2) is 41.1 Å². The lowest BCUT2D eigenvalue weighted by Gasteiger charge is -2.06. The predicted octanol–water partition coefficient (Wildman–Crippen LogP) is 0.470. The Bertz CT molecular complexity index is 650. The minimum atomic E-state index is -2.87. The molecule has 1 unspecified atom stereocenters. The average Bonchev–Trinajstić information content (AvgIpc) is 3.04. The number of aromatic nitrogens is 3. The first kappa shape index (κ1) is 12.7. The number of nitrogens with zero attached hydrogens (tertiary/aromatic N) is 3. The molecular formula is C10H12N4O3S2. The molecule has 1 fully saturated rings. The zero-order valence-electron chi connectivity index (χ0n) is 9.94. The maximum atomic E-state index is 11.3. The molecular weight excluding hydrogens is 288 g/mol. The highest BCUT2D eigenvalue weighted by Crippen LogP contribution is 2.16. The Morgan fingerprint density at radius 2 is 2.42 bits per heavy atom. The molecule has 0 amide bonds. The van der Waals surface area contributed by atoms with E-state index in [0.717, 1.165) is 0 Å². The lowest BCUT2D eigenvalue weighted by Crippen LogP contribution is -2.29. The van der Waals surface area contributed by atoms with E-state index in [9.17, 15) is 8.42 Å². The molecule has 3 rings (SSSR count). The average molecular weight is 300 g/mol. The maximum Gasteiger partial charge on any atom is 0.240 e. The van der Waals surface area contributed by atoms with Crippen LogP contribution in [0.15, 0.2) is 15.4 Å². The summed E-state index contributed by atoms with van der Waals surface area (Å²) in [7, 11) is -2.87. The molecule has 2 aromatic rings. The Hall–Kier alpha value is -1.32. The van der Waals surface area contributed by atoms with Crippen molar-refractivity contribution in [1.29, 1.82) is 0 Å². The van der Waals surface area contributed by atoms with Gasteiger partial charge in [-0.1, -0.05) is 5.16 Å². The van der Waals surface area contributed by atoms with Crippen LogP contribution in [0.25, 0.3) is 11.5 Å². The van der Waals surface area contributed by atoms with E-state index in [1.165, 1.54) is 11.3 Å². The largest absolute Gasteiger partial charge is 0.337 e. The van der Waals surface area contributed by atoms with Crippen molar-refractivity contribution in [2.45, 2.75) is 19.0 Å². The molecule has 102 valence electrons. The summed E-state index contributed by atoms with van der Waals surface area (Å²) < 4.78 is 27.7. The Morgan fingerprint density at radius 1 is 1.53 bits per heavy atom. The fourth-order valence-corrected chi connectivity index (χ4v) is 4.18. The van der Waals surface area contributed by atoms with Crippen LogP contribution in [0.1, 0.15) is 12.3 Å². The van der Waals surface area contributed by atoms with Gasteiger partial charge in [0.1, 0.15) is 5.69 Å². The van der Waals surface area contributed by atoms with Gasteiger partial charge in [0.05, 0.1) is 23.6 Å². The number of hydrogen-bond acceptors (Lipinski definition) is 8. The minimum absolute atomic E-state index is 0.0281. The Balaban J connectivity index is 1.59. The van der Waals surface area contributed by atoms with Crippen molar-refractivity contribution < 1.29 is 12.9 Å². The molecule has 0 spiro atoms. The van der Waals surface area contributed by atoms with Crippen LogP contribution in [0, 0.1) is 0 Å². The van der Waals surface area contributed by atoms with E-state index in [-0.39, 0.29) is 17.5 Å². The van der Waals surface area contributed by atoms with Gasteiger partial charge in [0.25, 0.3) is 0 Å². The van der Waals surface area contributed by atoms with Gasteiger partial charge in [-0.2, -0.15) is 4.98 Å². The molecule has 1 N–H and O–H groups in total. The molecule has 2 aromatic heterocycles. The third-order valence-corrected chi connectivity index (χ3v) is 5.26. The van der Waals surface area contributed by atoms with Gasteiger partial charge < -0.3 is 9.84 Å². The van der Waals surface area contributed by atoms with Gasteiger partial charge in [0.2, 0.25) is 11.7 Å². The van der Waals surface area contributed by atoms with Crippen molar-refractivity contribution in [3.63, 3.8) is 0 Å². The summed E-state index contributed by atoms with van der Waals surface area (Å²) in [5.74, 6) is 1.32. The van der Waals surface area contributed by atoms with Crippen LogP contribution in [-0.2, 0) is 16.4 Å². The summed E-state index contributed by atoms with van der Waals surface area (Å²) in [5.41, 5.74) is 2.39. The summed E-state index contributed by atoms with van der Waals surface area (Å²) in [4.78, 5) is 8.29. The fourth-order valence-electron chi connectivity index (χ4n) is 1.94. The van der Waals surface area contributed by atoms with E-state index in [2.05, 4.69) is 20.4 Å². The normalized spacial score (nSPS) is 21.8. The molecule has 7 nitrogen and oxygen atoms in total. The van der Waals surface area contributed by atoms with Crippen LogP contribution in [0.2, 0.25) is 0 Å². The van der Waals surface area contributed by atoms with Crippen molar-refractivity contribution in [2.75, 3.05) is 11.5 Å². The molecule has 1 saturated heterocycles. The zero-order chi connectivity index (χ0) is 13.3. The van der Waals surface area contributed by atoms with Crippen molar-refractivity contribution in [2.24, 2.45) is 0 Å².